The second-order valence-corrected chi connectivity index (χ2v) is 5.74. The molecule has 0 saturated carbocycles. The molecule has 0 aliphatic heterocycles. The van der Waals surface area contributed by atoms with Crippen molar-refractivity contribution in [3.05, 3.63) is 0 Å². The zero-order valence-corrected chi connectivity index (χ0v) is 11.9. The number of aliphatic carboxylic acids is 1. The number of hydrogen-bond donors (Lipinski definition) is 3. The molecule has 5 heteroatoms. The van der Waals surface area contributed by atoms with Gasteiger partial charge in [-0.3, -0.25) is 0 Å². The Morgan fingerprint density at radius 1 is 1.28 bits per heavy atom. The van der Waals surface area contributed by atoms with Crippen molar-refractivity contribution in [3.8, 4) is 0 Å². The number of urea groups is 1. The Hall–Kier alpha value is -1.26. The topological polar surface area (TPSA) is 78.4 Å². The molecule has 0 aromatic heterocycles. The largest absolute Gasteiger partial charge is 0.480 e. The van der Waals surface area contributed by atoms with Gasteiger partial charge in [0.25, 0.3) is 0 Å². The fourth-order valence-corrected chi connectivity index (χ4v) is 1.43. The van der Waals surface area contributed by atoms with E-state index in [1.807, 2.05) is 6.92 Å². The summed E-state index contributed by atoms with van der Waals surface area (Å²) in [4.78, 5) is 22.5. The average molecular weight is 258 g/mol. The summed E-state index contributed by atoms with van der Waals surface area (Å²) in [7, 11) is 0. The molecule has 0 radical (unpaired) electrons. The summed E-state index contributed by atoms with van der Waals surface area (Å²) in [5, 5.41) is 14.1. The van der Waals surface area contributed by atoms with Crippen LogP contribution in [-0.2, 0) is 4.79 Å². The quantitative estimate of drug-likeness (QED) is 0.656. The van der Waals surface area contributed by atoms with Crippen molar-refractivity contribution >= 4 is 12.0 Å². The molecule has 106 valence electrons. The van der Waals surface area contributed by atoms with Gasteiger partial charge < -0.3 is 15.7 Å². The normalized spacial score (nSPS) is 12.9. The number of nitrogens with one attached hydrogen (secondary N) is 2. The van der Waals surface area contributed by atoms with E-state index in [1.165, 1.54) is 0 Å². The molecule has 0 aliphatic carbocycles. The predicted molar refractivity (Wildman–Crippen MR) is 71.6 cm³/mol. The van der Waals surface area contributed by atoms with Crippen molar-refractivity contribution in [2.24, 2.45) is 5.41 Å². The van der Waals surface area contributed by atoms with Gasteiger partial charge in [0.1, 0.15) is 6.04 Å². The van der Waals surface area contributed by atoms with Gasteiger partial charge in [-0.25, -0.2) is 9.59 Å². The molecule has 5 nitrogen and oxygen atoms in total. The van der Waals surface area contributed by atoms with Crippen molar-refractivity contribution in [2.75, 3.05) is 6.54 Å². The molecule has 0 rings (SSSR count). The van der Waals surface area contributed by atoms with Crippen LogP contribution in [0, 0.1) is 5.41 Å². The van der Waals surface area contributed by atoms with Crippen LogP contribution in [0.1, 0.15) is 53.4 Å². The highest BCUT2D eigenvalue weighted by Gasteiger charge is 2.19. The van der Waals surface area contributed by atoms with Crippen LogP contribution in [0.15, 0.2) is 0 Å². The highest BCUT2D eigenvalue weighted by Crippen LogP contribution is 2.16. The summed E-state index contributed by atoms with van der Waals surface area (Å²) >= 11 is 0. The first-order valence-electron chi connectivity index (χ1n) is 6.53. The molecule has 0 bridgehead atoms. The Morgan fingerprint density at radius 3 is 2.33 bits per heavy atom. The lowest BCUT2D eigenvalue weighted by atomic mass is 9.92. The van der Waals surface area contributed by atoms with Crippen LogP contribution in [0.4, 0.5) is 4.79 Å². The van der Waals surface area contributed by atoms with Crippen molar-refractivity contribution in [1.29, 1.82) is 0 Å². The lowest BCUT2D eigenvalue weighted by molar-refractivity contribution is -0.139. The summed E-state index contributed by atoms with van der Waals surface area (Å²) in [6, 6.07) is -1.19. The summed E-state index contributed by atoms with van der Waals surface area (Å²) in [6.45, 7) is 8.81. The minimum absolute atomic E-state index is 0.154. The van der Waals surface area contributed by atoms with Gasteiger partial charge in [-0.1, -0.05) is 40.5 Å². The van der Waals surface area contributed by atoms with Crippen molar-refractivity contribution in [3.63, 3.8) is 0 Å². The van der Waals surface area contributed by atoms with Crippen LogP contribution in [-0.4, -0.2) is 29.7 Å². The molecule has 3 N–H and O–H groups in total. The van der Waals surface area contributed by atoms with Gasteiger partial charge in [-0.2, -0.15) is 0 Å². The molecular weight excluding hydrogens is 232 g/mol. The number of carbonyl (C=O) groups is 2. The predicted octanol–water partition coefficient (Wildman–Crippen LogP) is 2.37. The first-order chi connectivity index (χ1) is 8.26. The highest BCUT2D eigenvalue weighted by molar-refractivity contribution is 5.82. The lowest BCUT2D eigenvalue weighted by Crippen LogP contribution is -2.46. The van der Waals surface area contributed by atoms with Gasteiger partial charge in [0, 0.05) is 6.54 Å². The Kier molecular flexibility index (Phi) is 7.39. The number of carbonyl (C=O) groups excluding carboxylic acids is 1. The molecule has 2 amide bonds. The van der Waals surface area contributed by atoms with Crippen molar-refractivity contribution < 1.29 is 14.7 Å². The summed E-state index contributed by atoms with van der Waals surface area (Å²) in [5.74, 6) is -0.977. The van der Waals surface area contributed by atoms with E-state index in [0.717, 1.165) is 19.3 Å². The first kappa shape index (κ1) is 16.7. The van der Waals surface area contributed by atoms with Crippen LogP contribution in [0.2, 0.25) is 0 Å². The van der Waals surface area contributed by atoms with Crippen LogP contribution in [0.5, 0.6) is 0 Å². The Balaban J connectivity index is 3.99. The number of unbranched alkanes of at least 4 members (excludes halogenated alkanes) is 1. The van der Waals surface area contributed by atoms with E-state index >= 15 is 0 Å². The third-order valence-corrected chi connectivity index (χ3v) is 2.61. The molecule has 0 spiro atoms. The molecule has 0 fully saturated rings. The SMILES string of the molecule is CCCC[C@H](NC(=O)NCCC(C)(C)C)C(=O)O. The molecule has 0 aromatic carbocycles. The second kappa shape index (κ2) is 7.95. The van der Waals surface area contributed by atoms with Crippen LogP contribution >= 0.6 is 0 Å². The van der Waals surface area contributed by atoms with Gasteiger partial charge in [-0.05, 0) is 18.3 Å². The van der Waals surface area contributed by atoms with E-state index in [-0.39, 0.29) is 5.41 Å². The van der Waals surface area contributed by atoms with Crippen LogP contribution in [0.3, 0.4) is 0 Å². The zero-order chi connectivity index (χ0) is 14.2. The summed E-state index contributed by atoms with van der Waals surface area (Å²) in [5.41, 5.74) is 0.154. The minimum atomic E-state index is -0.977. The van der Waals surface area contributed by atoms with E-state index in [0.29, 0.717) is 13.0 Å². The third-order valence-electron chi connectivity index (χ3n) is 2.61. The maximum atomic E-state index is 11.5. The zero-order valence-electron chi connectivity index (χ0n) is 11.9. The Morgan fingerprint density at radius 2 is 1.89 bits per heavy atom. The standard InChI is InChI=1S/C13H26N2O3/c1-5-6-7-10(11(16)17)15-12(18)14-9-8-13(2,3)4/h10H,5-9H2,1-4H3,(H,16,17)(H2,14,15,18)/t10-/m0/s1. The van der Waals surface area contributed by atoms with E-state index in [1.54, 1.807) is 0 Å². The van der Waals surface area contributed by atoms with Gasteiger partial charge in [0.15, 0.2) is 0 Å². The fourth-order valence-electron chi connectivity index (χ4n) is 1.43. The van der Waals surface area contributed by atoms with Crippen LogP contribution in [0.25, 0.3) is 0 Å². The van der Waals surface area contributed by atoms with Crippen molar-refractivity contribution in [1.82, 2.24) is 10.6 Å². The number of carboxylic acids is 1. The summed E-state index contributed by atoms with van der Waals surface area (Å²) in [6.07, 6.45) is 3.03. The maximum Gasteiger partial charge on any atom is 0.326 e. The smallest absolute Gasteiger partial charge is 0.326 e. The monoisotopic (exact) mass is 258 g/mol. The van der Waals surface area contributed by atoms with Gasteiger partial charge >= 0.3 is 12.0 Å². The lowest BCUT2D eigenvalue weighted by Gasteiger charge is -2.19. The third kappa shape index (κ3) is 8.84. The molecular formula is C13H26N2O3. The maximum absolute atomic E-state index is 11.5. The minimum Gasteiger partial charge on any atom is -0.480 e. The van der Waals surface area contributed by atoms with Crippen LogP contribution < -0.4 is 10.6 Å². The highest BCUT2D eigenvalue weighted by atomic mass is 16.4. The molecule has 1 atom stereocenters. The molecule has 0 unspecified atom stereocenters. The molecule has 0 heterocycles. The van der Waals surface area contributed by atoms with E-state index < -0.39 is 18.0 Å². The van der Waals surface area contributed by atoms with Gasteiger partial charge in [0.05, 0.1) is 0 Å². The molecule has 0 aromatic rings. The van der Waals surface area contributed by atoms with E-state index in [2.05, 4.69) is 31.4 Å². The summed E-state index contributed by atoms with van der Waals surface area (Å²) < 4.78 is 0. The van der Waals surface area contributed by atoms with E-state index in [4.69, 9.17) is 5.11 Å². The number of rotatable bonds is 7. The Labute approximate surface area is 109 Å². The number of amides is 2. The Bertz CT molecular complexity index is 272. The first-order valence-corrected chi connectivity index (χ1v) is 6.53. The van der Waals surface area contributed by atoms with Crippen molar-refractivity contribution in [2.45, 2.75) is 59.4 Å². The molecule has 0 saturated heterocycles. The van der Waals surface area contributed by atoms with Gasteiger partial charge in [0.2, 0.25) is 0 Å². The number of hydrogen-bond acceptors (Lipinski definition) is 2. The fraction of sp³-hybridized carbons (Fsp3) is 0.846. The number of carboxylic acid groups (broad SMARTS) is 1. The molecule has 18 heavy (non-hydrogen) atoms. The van der Waals surface area contributed by atoms with E-state index in [9.17, 15) is 9.59 Å². The second-order valence-electron chi connectivity index (χ2n) is 5.74. The molecule has 0 aliphatic rings. The van der Waals surface area contributed by atoms with Gasteiger partial charge in [-0.15, -0.1) is 0 Å². The average Bonchev–Trinajstić information content (AvgIpc) is 2.21.